The van der Waals surface area contributed by atoms with Crippen molar-refractivity contribution >= 4 is 27.5 Å². The van der Waals surface area contributed by atoms with Crippen molar-refractivity contribution in [1.82, 2.24) is 10.2 Å². The lowest BCUT2D eigenvalue weighted by Crippen LogP contribution is -2.54. The Balaban J connectivity index is 1.56. The molecule has 1 aliphatic rings. The van der Waals surface area contributed by atoms with Crippen LogP contribution in [0.5, 0.6) is 5.75 Å². The molecular formula is C38H42FN3O5S. The predicted molar refractivity (Wildman–Crippen MR) is 185 cm³/mol. The van der Waals surface area contributed by atoms with Gasteiger partial charge in [0.2, 0.25) is 11.8 Å². The van der Waals surface area contributed by atoms with Gasteiger partial charge in [-0.05, 0) is 86.3 Å². The van der Waals surface area contributed by atoms with Crippen LogP contribution in [-0.2, 0) is 32.6 Å². The van der Waals surface area contributed by atoms with Crippen molar-refractivity contribution in [3.05, 3.63) is 126 Å². The van der Waals surface area contributed by atoms with Crippen molar-refractivity contribution in [2.75, 3.05) is 17.5 Å². The van der Waals surface area contributed by atoms with Crippen LogP contribution >= 0.6 is 0 Å². The average molecular weight is 672 g/mol. The number of benzene rings is 4. The van der Waals surface area contributed by atoms with E-state index in [4.69, 9.17) is 4.74 Å². The zero-order chi connectivity index (χ0) is 34.1. The first-order chi connectivity index (χ1) is 23.1. The quantitative estimate of drug-likeness (QED) is 0.167. The molecule has 1 fully saturated rings. The zero-order valence-corrected chi connectivity index (χ0v) is 28.2. The topological polar surface area (TPSA) is 96.0 Å². The zero-order valence-electron chi connectivity index (χ0n) is 27.3. The predicted octanol–water partition coefficient (Wildman–Crippen LogP) is 6.43. The van der Waals surface area contributed by atoms with Gasteiger partial charge in [0, 0.05) is 19.0 Å². The van der Waals surface area contributed by atoms with E-state index in [1.807, 2.05) is 68.4 Å². The fourth-order valence-corrected chi connectivity index (χ4v) is 7.48. The van der Waals surface area contributed by atoms with Gasteiger partial charge < -0.3 is 15.0 Å². The van der Waals surface area contributed by atoms with Crippen molar-refractivity contribution in [1.29, 1.82) is 0 Å². The van der Waals surface area contributed by atoms with E-state index in [9.17, 15) is 22.4 Å². The number of carbonyl (C=O) groups is 2. The molecule has 10 heteroatoms. The number of nitrogens with one attached hydrogen (secondary N) is 1. The Morgan fingerprint density at radius 1 is 0.896 bits per heavy atom. The van der Waals surface area contributed by atoms with Crippen LogP contribution in [0.1, 0.15) is 49.3 Å². The van der Waals surface area contributed by atoms with Crippen molar-refractivity contribution in [3.8, 4) is 5.75 Å². The van der Waals surface area contributed by atoms with Gasteiger partial charge in [-0.2, -0.15) is 0 Å². The first kappa shape index (κ1) is 34.6. The number of carbonyl (C=O) groups excluding carboxylic acids is 2. The van der Waals surface area contributed by atoms with Crippen LogP contribution in [0.15, 0.2) is 108 Å². The fourth-order valence-electron chi connectivity index (χ4n) is 6.07. The van der Waals surface area contributed by atoms with Gasteiger partial charge in [-0.25, -0.2) is 12.8 Å². The third-order valence-electron chi connectivity index (χ3n) is 8.52. The number of amides is 2. The summed E-state index contributed by atoms with van der Waals surface area (Å²) in [6.45, 7) is 3.71. The molecule has 1 aliphatic carbocycles. The molecule has 2 amide bonds. The van der Waals surface area contributed by atoms with E-state index in [0.717, 1.165) is 58.8 Å². The van der Waals surface area contributed by atoms with Gasteiger partial charge in [0.25, 0.3) is 10.0 Å². The summed E-state index contributed by atoms with van der Waals surface area (Å²) in [5.41, 5.74) is 2.89. The number of ether oxygens (including phenoxy) is 1. The van der Waals surface area contributed by atoms with Crippen molar-refractivity contribution in [2.24, 2.45) is 0 Å². The number of hydrogen-bond acceptors (Lipinski definition) is 5. The standard InChI is InChI=1S/C38H42FN3O5S/c1-3-47-34-20-18-33(19-21-34)42(48(45,46)35-22-16-31(39)17-23-35)27-37(43)41(26-30-13-9-10-28(2)24-30)36(25-29-11-5-4-6-12-29)38(44)40-32-14-7-8-15-32/h4-6,9-13,16-24,32,36H,3,7-8,14-15,25-27H2,1-2H3,(H,40,44). The lowest BCUT2D eigenvalue weighted by atomic mass is 10.0. The molecule has 0 saturated heterocycles. The molecule has 0 aromatic heterocycles. The molecule has 4 aromatic rings. The summed E-state index contributed by atoms with van der Waals surface area (Å²) in [6, 6.07) is 27.2. The van der Waals surface area contributed by atoms with E-state index < -0.39 is 34.3 Å². The second kappa shape index (κ2) is 15.9. The molecule has 0 radical (unpaired) electrons. The van der Waals surface area contributed by atoms with E-state index in [1.165, 1.54) is 17.0 Å². The van der Waals surface area contributed by atoms with Crippen LogP contribution in [0.4, 0.5) is 10.1 Å². The Bertz CT molecular complexity index is 1780. The van der Waals surface area contributed by atoms with Gasteiger partial charge in [0.05, 0.1) is 17.2 Å². The van der Waals surface area contributed by atoms with Crippen molar-refractivity contribution in [2.45, 2.75) is 69.5 Å². The highest BCUT2D eigenvalue weighted by Gasteiger charge is 2.35. The Morgan fingerprint density at radius 3 is 2.21 bits per heavy atom. The Hall–Kier alpha value is -4.70. The highest BCUT2D eigenvalue weighted by Crippen LogP contribution is 2.28. The highest BCUT2D eigenvalue weighted by atomic mass is 32.2. The summed E-state index contributed by atoms with van der Waals surface area (Å²) in [6.07, 6.45) is 4.04. The van der Waals surface area contributed by atoms with E-state index in [0.29, 0.717) is 12.4 Å². The molecule has 1 N–H and O–H groups in total. The maximum absolute atomic E-state index is 14.6. The number of rotatable bonds is 14. The molecule has 0 heterocycles. The largest absolute Gasteiger partial charge is 0.494 e. The molecule has 4 aromatic carbocycles. The molecule has 1 unspecified atom stereocenters. The maximum Gasteiger partial charge on any atom is 0.264 e. The molecule has 0 bridgehead atoms. The summed E-state index contributed by atoms with van der Waals surface area (Å²) in [7, 11) is -4.35. The monoisotopic (exact) mass is 671 g/mol. The van der Waals surface area contributed by atoms with Gasteiger partial charge in [0.15, 0.2) is 0 Å². The number of anilines is 1. The number of halogens is 1. The van der Waals surface area contributed by atoms with Crippen LogP contribution in [0.2, 0.25) is 0 Å². The Kier molecular flexibility index (Phi) is 11.5. The van der Waals surface area contributed by atoms with E-state index in [2.05, 4.69) is 5.32 Å². The van der Waals surface area contributed by atoms with Gasteiger partial charge in [-0.15, -0.1) is 0 Å². The van der Waals surface area contributed by atoms with Gasteiger partial charge in [-0.1, -0.05) is 73.0 Å². The minimum atomic E-state index is -4.35. The average Bonchev–Trinajstić information content (AvgIpc) is 3.59. The SMILES string of the molecule is CCOc1ccc(N(CC(=O)N(Cc2cccc(C)c2)C(Cc2ccccc2)C(=O)NC2CCCC2)S(=O)(=O)c2ccc(F)cc2)cc1. The van der Waals surface area contributed by atoms with Crippen molar-refractivity contribution < 1.29 is 27.1 Å². The normalized spacial score (nSPS) is 13.9. The van der Waals surface area contributed by atoms with E-state index >= 15 is 0 Å². The summed E-state index contributed by atoms with van der Waals surface area (Å²) < 4.78 is 48.7. The number of hydrogen-bond donors (Lipinski definition) is 1. The highest BCUT2D eigenvalue weighted by molar-refractivity contribution is 7.92. The molecule has 252 valence electrons. The molecule has 5 rings (SSSR count). The molecule has 1 atom stereocenters. The summed E-state index contributed by atoms with van der Waals surface area (Å²) in [4.78, 5) is 30.1. The molecule has 8 nitrogen and oxygen atoms in total. The minimum Gasteiger partial charge on any atom is -0.494 e. The second-order valence-electron chi connectivity index (χ2n) is 12.1. The molecule has 48 heavy (non-hydrogen) atoms. The summed E-state index contributed by atoms with van der Waals surface area (Å²) in [5, 5.41) is 3.18. The summed E-state index contributed by atoms with van der Waals surface area (Å²) in [5.74, 6) is -0.877. The van der Waals surface area contributed by atoms with Crippen LogP contribution in [0.3, 0.4) is 0 Å². The van der Waals surface area contributed by atoms with Crippen LogP contribution in [0, 0.1) is 12.7 Å². The molecule has 0 aliphatic heterocycles. The maximum atomic E-state index is 14.6. The third kappa shape index (κ3) is 8.80. The van der Waals surface area contributed by atoms with Gasteiger partial charge >= 0.3 is 0 Å². The molecule has 0 spiro atoms. The van der Waals surface area contributed by atoms with Crippen LogP contribution in [-0.4, -0.2) is 50.4 Å². The fraction of sp³-hybridized carbons (Fsp3) is 0.316. The molecular weight excluding hydrogens is 629 g/mol. The Morgan fingerprint density at radius 2 is 1.56 bits per heavy atom. The smallest absolute Gasteiger partial charge is 0.264 e. The number of sulfonamides is 1. The second-order valence-corrected chi connectivity index (χ2v) is 14.0. The lowest BCUT2D eigenvalue weighted by molar-refractivity contribution is -0.140. The number of aryl methyl sites for hydroxylation is 1. The number of nitrogens with zero attached hydrogens (tertiary/aromatic N) is 2. The minimum absolute atomic E-state index is 0.0194. The van der Waals surface area contributed by atoms with Gasteiger partial charge in [-0.3, -0.25) is 13.9 Å². The lowest BCUT2D eigenvalue weighted by Gasteiger charge is -2.34. The van der Waals surface area contributed by atoms with Crippen LogP contribution < -0.4 is 14.4 Å². The third-order valence-corrected chi connectivity index (χ3v) is 10.3. The van der Waals surface area contributed by atoms with E-state index in [1.54, 1.807) is 24.3 Å². The Labute approximate surface area is 282 Å². The van der Waals surface area contributed by atoms with Crippen LogP contribution in [0.25, 0.3) is 0 Å². The first-order valence-electron chi connectivity index (χ1n) is 16.3. The summed E-state index contributed by atoms with van der Waals surface area (Å²) >= 11 is 0. The molecule has 1 saturated carbocycles. The van der Waals surface area contributed by atoms with Crippen molar-refractivity contribution in [3.63, 3.8) is 0 Å². The van der Waals surface area contributed by atoms with Gasteiger partial charge in [0.1, 0.15) is 24.2 Å². The first-order valence-corrected chi connectivity index (χ1v) is 17.8. The van der Waals surface area contributed by atoms with E-state index in [-0.39, 0.29) is 35.5 Å².